The Hall–Kier alpha value is -2.42. The monoisotopic (exact) mass is 263 g/mol. The summed E-state index contributed by atoms with van der Waals surface area (Å²) in [6.45, 7) is 1.86. The van der Waals surface area contributed by atoms with Gasteiger partial charge in [-0.05, 0) is 30.7 Å². The van der Waals surface area contributed by atoms with Crippen LogP contribution in [0.4, 0.5) is 5.69 Å². The van der Waals surface area contributed by atoms with Crippen molar-refractivity contribution in [2.75, 3.05) is 4.90 Å². The van der Waals surface area contributed by atoms with Gasteiger partial charge < -0.3 is 0 Å². The van der Waals surface area contributed by atoms with Crippen molar-refractivity contribution < 1.29 is 9.59 Å². The van der Waals surface area contributed by atoms with Crippen LogP contribution in [-0.2, 0) is 6.42 Å². The van der Waals surface area contributed by atoms with Gasteiger partial charge in [-0.2, -0.15) is 0 Å². The van der Waals surface area contributed by atoms with Gasteiger partial charge in [-0.1, -0.05) is 30.3 Å². The van der Waals surface area contributed by atoms with Gasteiger partial charge in [0.1, 0.15) is 5.54 Å². The zero-order valence-corrected chi connectivity index (χ0v) is 11.1. The highest BCUT2D eigenvalue weighted by molar-refractivity contribution is 6.24. The molecule has 20 heavy (non-hydrogen) atoms. The molecule has 0 aromatic heterocycles. The number of rotatable bonds is 0. The van der Waals surface area contributed by atoms with E-state index in [4.69, 9.17) is 0 Å². The molecule has 0 spiro atoms. The fourth-order valence-electron chi connectivity index (χ4n) is 3.39. The van der Waals surface area contributed by atoms with E-state index >= 15 is 0 Å². The first-order valence-corrected chi connectivity index (χ1v) is 6.69. The summed E-state index contributed by atoms with van der Waals surface area (Å²) in [7, 11) is 0. The second-order valence-corrected chi connectivity index (χ2v) is 5.59. The molecule has 0 aliphatic carbocycles. The lowest BCUT2D eigenvalue weighted by atomic mass is 9.82. The van der Waals surface area contributed by atoms with Gasteiger partial charge in [-0.25, -0.2) is 0 Å². The van der Waals surface area contributed by atoms with Crippen LogP contribution in [0.2, 0.25) is 0 Å². The quantitative estimate of drug-likeness (QED) is 0.733. The van der Waals surface area contributed by atoms with E-state index in [-0.39, 0.29) is 11.7 Å². The first-order chi connectivity index (χ1) is 9.63. The number of amides is 1. The summed E-state index contributed by atoms with van der Waals surface area (Å²) in [6, 6.07) is 14.9. The fourth-order valence-corrected chi connectivity index (χ4v) is 3.39. The van der Waals surface area contributed by atoms with Crippen LogP contribution in [0.15, 0.2) is 48.5 Å². The summed E-state index contributed by atoms with van der Waals surface area (Å²) in [5.74, 6) is -0.0383. The lowest BCUT2D eigenvalue weighted by Crippen LogP contribution is -2.55. The highest BCUT2D eigenvalue weighted by Gasteiger charge is 2.53. The molecule has 0 saturated heterocycles. The largest absolute Gasteiger partial charge is 0.294 e. The van der Waals surface area contributed by atoms with Gasteiger partial charge in [-0.3, -0.25) is 14.5 Å². The summed E-state index contributed by atoms with van der Waals surface area (Å²) in [5, 5.41) is 0. The van der Waals surface area contributed by atoms with Crippen LogP contribution >= 0.6 is 0 Å². The van der Waals surface area contributed by atoms with E-state index in [9.17, 15) is 9.59 Å². The lowest BCUT2D eigenvalue weighted by molar-refractivity contribution is 0.0842. The molecule has 2 aromatic carbocycles. The van der Waals surface area contributed by atoms with Crippen LogP contribution in [0.25, 0.3) is 0 Å². The van der Waals surface area contributed by atoms with Crippen molar-refractivity contribution in [2.45, 2.75) is 18.9 Å². The maximum Gasteiger partial charge on any atom is 0.259 e. The Morgan fingerprint density at radius 1 is 0.950 bits per heavy atom. The lowest BCUT2D eigenvalue weighted by Gasteiger charge is -2.38. The standard InChI is InChI=1S/C17H13NO2/c1-17-10-11-6-2-3-7-12(11)16(20)18(17)14-9-5-4-8-13(14)15(17)19/h2-9H,10H2,1H3. The normalized spacial score (nSPS) is 23.4. The molecule has 0 bridgehead atoms. The molecule has 1 amide bonds. The molecular weight excluding hydrogens is 250 g/mol. The van der Waals surface area contributed by atoms with Gasteiger partial charge in [0.15, 0.2) is 5.78 Å². The Balaban J connectivity index is 2.00. The van der Waals surface area contributed by atoms with Crippen molar-refractivity contribution >= 4 is 17.4 Å². The van der Waals surface area contributed by atoms with Crippen LogP contribution in [0.5, 0.6) is 0 Å². The number of benzene rings is 2. The van der Waals surface area contributed by atoms with Gasteiger partial charge in [-0.15, -0.1) is 0 Å². The van der Waals surface area contributed by atoms with E-state index in [0.29, 0.717) is 17.5 Å². The predicted octanol–water partition coefficient (Wildman–Crippen LogP) is 2.84. The molecule has 4 rings (SSSR count). The molecule has 0 fully saturated rings. The van der Waals surface area contributed by atoms with E-state index in [1.165, 1.54) is 0 Å². The summed E-state index contributed by atoms with van der Waals surface area (Å²) < 4.78 is 0. The fraction of sp³-hybridized carbons (Fsp3) is 0.176. The van der Waals surface area contributed by atoms with Crippen LogP contribution in [0, 0.1) is 0 Å². The Morgan fingerprint density at radius 3 is 2.40 bits per heavy atom. The molecule has 3 heteroatoms. The molecule has 1 atom stereocenters. The molecule has 2 aliphatic heterocycles. The van der Waals surface area contributed by atoms with E-state index in [1.807, 2.05) is 49.4 Å². The highest BCUT2D eigenvalue weighted by atomic mass is 16.2. The maximum atomic E-state index is 12.8. The molecule has 1 unspecified atom stereocenters. The highest BCUT2D eigenvalue weighted by Crippen LogP contribution is 2.44. The topological polar surface area (TPSA) is 37.4 Å². The number of hydrogen-bond acceptors (Lipinski definition) is 2. The van der Waals surface area contributed by atoms with Crippen molar-refractivity contribution in [3.8, 4) is 0 Å². The minimum absolute atomic E-state index is 0.0379. The summed E-state index contributed by atoms with van der Waals surface area (Å²) in [4.78, 5) is 27.2. The number of hydrogen-bond donors (Lipinski definition) is 0. The second kappa shape index (κ2) is 3.57. The van der Waals surface area contributed by atoms with Crippen molar-refractivity contribution in [3.63, 3.8) is 0 Å². The van der Waals surface area contributed by atoms with E-state index in [2.05, 4.69) is 0 Å². The zero-order valence-electron chi connectivity index (χ0n) is 11.1. The summed E-state index contributed by atoms with van der Waals surface area (Å²) in [5.41, 5.74) is 2.26. The van der Waals surface area contributed by atoms with Crippen molar-refractivity contribution in [3.05, 3.63) is 65.2 Å². The Morgan fingerprint density at radius 2 is 1.60 bits per heavy atom. The molecule has 0 saturated carbocycles. The number of para-hydroxylation sites is 1. The van der Waals surface area contributed by atoms with Gasteiger partial charge in [0, 0.05) is 17.5 Å². The van der Waals surface area contributed by atoms with Crippen LogP contribution in [0.1, 0.15) is 33.2 Å². The molecule has 2 heterocycles. The molecule has 3 nitrogen and oxygen atoms in total. The summed E-state index contributed by atoms with van der Waals surface area (Å²) in [6.07, 6.45) is 0.572. The molecule has 2 aromatic rings. The third-order valence-corrected chi connectivity index (χ3v) is 4.36. The smallest absolute Gasteiger partial charge is 0.259 e. The zero-order chi connectivity index (χ0) is 13.9. The van der Waals surface area contributed by atoms with Crippen LogP contribution in [0.3, 0.4) is 0 Å². The number of Topliss-reactive ketones (excluding diaryl/α,β-unsaturated/α-hetero) is 1. The molecule has 98 valence electrons. The number of carbonyl (C=O) groups is 2. The van der Waals surface area contributed by atoms with Gasteiger partial charge in [0.25, 0.3) is 5.91 Å². The number of fused-ring (bicyclic) bond motifs is 4. The van der Waals surface area contributed by atoms with Gasteiger partial charge in [0.2, 0.25) is 0 Å². The van der Waals surface area contributed by atoms with Gasteiger partial charge in [0.05, 0.1) is 5.69 Å². The predicted molar refractivity (Wildman–Crippen MR) is 76.1 cm³/mol. The SMILES string of the molecule is CC12Cc3ccccc3C(=O)N1c1ccccc1C2=O. The Kier molecular flexibility index (Phi) is 2.04. The second-order valence-electron chi connectivity index (χ2n) is 5.59. The molecule has 0 radical (unpaired) electrons. The number of carbonyl (C=O) groups excluding carboxylic acids is 2. The van der Waals surface area contributed by atoms with Crippen molar-refractivity contribution in [1.29, 1.82) is 0 Å². The number of nitrogens with zero attached hydrogens (tertiary/aromatic N) is 1. The Labute approximate surface area is 116 Å². The van der Waals surface area contributed by atoms with E-state index in [0.717, 1.165) is 11.3 Å². The number of anilines is 1. The van der Waals surface area contributed by atoms with Crippen LogP contribution < -0.4 is 4.90 Å². The number of ketones is 1. The Bertz CT molecular complexity index is 765. The molecular formula is C17H13NO2. The third kappa shape index (κ3) is 1.20. The van der Waals surface area contributed by atoms with E-state index < -0.39 is 5.54 Å². The minimum atomic E-state index is -0.783. The van der Waals surface area contributed by atoms with Crippen molar-refractivity contribution in [1.82, 2.24) is 0 Å². The maximum absolute atomic E-state index is 12.8. The van der Waals surface area contributed by atoms with Crippen molar-refractivity contribution in [2.24, 2.45) is 0 Å². The minimum Gasteiger partial charge on any atom is -0.294 e. The first-order valence-electron chi connectivity index (χ1n) is 6.69. The van der Waals surface area contributed by atoms with Gasteiger partial charge >= 0.3 is 0 Å². The third-order valence-electron chi connectivity index (χ3n) is 4.36. The molecule has 0 N–H and O–H groups in total. The van der Waals surface area contributed by atoms with Crippen LogP contribution in [-0.4, -0.2) is 17.2 Å². The van der Waals surface area contributed by atoms with E-state index in [1.54, 1.807) is 11.0 Å². The average molecular weight is 263 g/mol. The molecule has 2 aliphatic rings. The summed E-state index contributed by atoms with van der Waals surface area (Å²) >= 11 is 0. The average Bonchev–Trinajstić information content (AvgIpc) is 2.68. The first kappa shape index (κ1) is 11.4.